The Hall–Kier alpha value is -2.99. The molecule has 12 heteroatoms. The van der Waals surface area contributed by atoms with Gasteiger partial charge in [0, 0.05) is 30.5 Å². The maximum atomic E-state index is 12.3. The lowest BCUT2D eigenvalue weighted by atomic mass is 10.00. The van der Waals surface area contributed by atoms with Crippen LogP contribution >= 0.6 is 23.2 Å². The molecule has 39 heavy (non-hydrogen) atoms. The topological polar surface area (TPSA) is 135 Å². The molecular weight excluding hydrogens is 547 g/mol. The normalized spacial score (nSPS) is 19.0. The highest BCUT2D eigenvalue weighted by Gasteiger charge is 2.33. The van der Waals surface area contributed by atoms with E-state index in [1.807, 2.05) is 36.4 Å². The third-order valence-electron chi connectivity index (χ3n) is 6.40. The summed E-state index contributed by atoms with van der Waals surface area (Å²) >= 11 is 12.3. The molecule has 0 unspecified atom stereocenters. The zero-order chi connectivity index (χ0) is 27.8. The van der Waals surface area contributed by atoms with Gasteiger partial charge in [0.05, 0.1) is 31.7 Å². The van der Waals surface area contributed by atoms with Gasteiger partial charge >= 0.3 is 0 Å². The molecule has 4 N–H and O–H groups in total. The number of ether oxygens (including phenoxy) is 2. The van der Waals surface area contributed by atoms with Crippen molar-refractivity contribution in [3.05, 3.63) is 81.9 Å². The van der Waals surface area contributed by atoms with E-state index in [2.05, 4.69) is 10.3 Å². The Morgan fingerprint density at radius 1 is 0.974 bits per heavy atom. The summed E-state index contributed by atoms with van der Waals surface area (Å²) in [4.78, 5) is 27.4. The van der Waals surface area contributed by atoms with Crippen molar-refractivity contribution >= 4 is 40.7 Å². The number of imidazole rings is 1. The van der Waals surface area contributed by atoms with Gasteiger partial charge in [0.1, 0.15) is 5.15 Å². The molecule has 0 bridgehead atoms. The van der Waals surface area contributed by atoms with Crippen LogP contribution in [0.3, 0.4) is 0 Å². The van der Waals surface area contributed by atoms with Crippen molar-refractivity contribution in [2.45, 2.75) is 63.8 Å². The van der Waals surface area contributed by atoms with E-state index in [1.54, 1.807) is 28.5 Å². The highest BCUT2D eigenvalue weighted by molar-refractivity contribution is 6.40. The minimum atomic E-state index is -0.675. The zero-order valence-electron chi connectivity index (χ0n) is 21.1. The number of anilines is 1. The average molecular weight is 577 g/mol. The fraction of sp³-hybridized carbons (Fsp3) is 0.370. The molecule has 1 saturated heterocycles. The second-order valence-electron chi connectivity index (χ2n) is 9.24. The summed E-state index contributed by atoms with van der Waals surface area (Å²) in [5.74, 6) is -0.638. The molecule has 3 atom stereocenters. The molecule has 1 fully saturated rings. The van der Waals surface area contributed by atoms with Crippen molar-refractivity contribution in [3.8, 4) is 0 Å². The number of hydroxylamine groups is 1. The number of unbranched alkanes of at least 4 members (excludes halogenated alkanes) is 1. The first-order valence-corrected chi connectivity index (χ1v) is 13.3. The number of aliphatic hydroxyl groups excluding tert-OH is 1. The Balaban J connectivity index is 1.42. The highest BCUT2D eigenvalue weighted by atomic mass is 35.5. The van der Waals surface area contributed by atoms with E-state index in [0.717, 1.165) is 16.7 Å². The summed E-state index contributed by atoms with van der Waals surface area (Å²) in [5, 5.41) is 21.3. The summed E-state index contributed by atoms with van der Waals surface area (Å²) in [5.41, 5.74) is 4.75. The van der Waals surface area contributed by atoms with Crippen LogP contribution in [0.2, 0.25) is 10.3 Å². The number of nitrogens with zero attached hydrogens (tertiary/aromatic N) is 2. The van der Waals surface area contributed by atoms with Gasteiger partial charge in [-0.05, 0) is 36.1 Å². The number of benzene rings is 2. The molecule has 0 spiro atoms. The molecule has 4 rings (SSSR count). The maximum Gasteiger partial charge on any atom is 0.243 e. The van der Waals surface area contributed by atoms with Crippen molar-refractivity contribution < 1.29 is 29.4 Å². The maximum absolute atomic E-state index is 12.3. The number of aromatic nitrogens is 2. The molecule has 1 aliphatic rings. The molecule has 0 aliphatic carbocycles. The molecule has 2 amide bonds. The lowest BCUT2D eigenvalue weighted by Crippen LogP contribution is -2.32. The van der Waals surface area contributed by atoms with Gasteiger partial charge in [-0.25, -0.2) is 10.5 Å². The summed E-state index contributed by atoms with van der Waals surface area (Å²) in [6, 6.07) is 14.8. The minimum absolute atomic E-state index is 0.0379. The smallest absolute Gasteiger partial charge is 0.243 e. The van der Waals surface area contributed by atoms with E-state index in [4.69, 9.17) is 37.9 Å². The Bertz CT molecular complexity index is 1250. The van der Waals surface area contributed by atoms with Crippen molar-refractivity contribution in [1.29, 1.82) is 0 Å². The summed E-state index contributed by atoms with van der Waals surface area (Å²) in [6.07, 6.45) is 2.37. The first kappa shape index (κ1) is 29.0. The number of nitrogens with one attached hydrogen (secondary N) is 2. The number of halogens is 2. The summed E-state index contributed by atoms with van der Waals surface area (Å²) in [6.45, 7) is 0.390. The fourth-order valence-electron chi connectivity index (χ4n) is 4.30. The number of aliphatic hydroxyl groups is 1. The van der Waals surface area contributed by atoms with Crippen molar-refractivity contribution in [2.75, 3.05) is 5.32 Å². The van der Waals surface area contributed by atoms with E-state index in [-0.39, 0.29) is 42.7 Å². The van der Waals surface area contributed by atoms with Crippen LogP contribution in [-0.2, 0) is 32.2 Å². The van der Waals surface area contributed by atoms with Gasteiger partial charge in [-0.15, -0.1) is 0 Å². The minimum Gasteiger partial charge on any atom is -0.392 e. The molecule has 2 aromatic carbocycles. The first-order chi connectivity index (χ1) is 18.9. The number of hydrogen-bond donors (Lipinski definition) is 4. The van der Waals surface area contributed by atoms with E-state index >= 15 is 0 Å². The van der Waals surface area contributed by atoms with Crippen LogP contribution in [0.1, 0.15) is 61.2 Å². The van der Waals surface area contributed by atoms with Gasteiger partial charge in [-0.1, -0.05) is 59.6 Å². The predicted molar refractivity (Wildman–Crippen MR) is 144 cm³/mol. The van der Waals surface area contributed by atoms with Crippen LogP contribution in [0.15, 0.2) is 54.9 Å². The van der Waals surface area contributed by atoms with Gasteiger partial charge in [0.15, 0.2) is 11.4 Å². The molecule has 1 aliphatic heterocycles. The summed E-state index contributed by atoms with van der Waals surface area (Å²) in [7, 11) is 0. The number of rotatable bonds is 11. The van der Waals surface area contributed by atoms with Gasteiger partial charge in [-0.2, -0.15) is 0 Å². The van der Waals surface area contributed by atoms with Crippen molar-refractivity contribution in [2.24, 2.45) is 0 Å². The average Bonchev–Trinajstić information content (AvgIpc) is 3.27. The molecule has 10 nitrogen and oxygen atoms in total. The second kappa shape index (κ2) is 13.9. The number of carbonyl (C=O) groups excluding carboxylic acids is 2. The van der Waals surface area contributed by atoms with Crippen LogP contribution < -0.4 is 10.8 Å². The van der Waals surface area contributed by atoms with Gasteiger partial charge in [-0.3, -0.25) is 14.8 Å². The molecule has 0 radical (unpaired) electrons. The van der Waals surface area contributed by atoms with E-state index < -0.39 is 12.2 Å². The van der Waals surface area contributed by atoms with Crippen LogP contribution in [0, 0.1) is 0 Å². The Labute approximate surface area is 235 Å². The van der Waals surface area contributed by atoms with E-state index in [0.29, 0.717) is 36.6 Å². The van der Waals surface area contributed by atoms with Gasteiger partial charge in [0.25, 0.3) is 0 Å². The Morgan fingerprint density at radius 2 is 1.64 bits per heavy atom. The zero-order valence-corrected chi connectivity index (χ0v) is 22.6. The molecule has 0 saturated carbocycles. The monoisotopic (exact) mass is 576 g/mol. The number of amides is 2. The molecule has 1 aromatic heterocycles. The van der Waals surface area contributed by atoms with Crippen molar-refractivity contribution in [3.63, 3.8) is 0 Å². The highest BCUT2D eigenvalue weighted by Crippen LogP contribution is 2.39. The second-order valence-corrected chi connectivity index (χ2v) is 9.96. The Kier molecular flexibility index (Phi) is 10.3. The standard InChI is InChI=1S/C27H30Cl2N4O6/c28-25-26(29)33(16-30-25)14-21-13-22(18-7-5-17(15-34)6-8-18)39-27(38-21)19-9-11-20(12-10-19)31-23(35)3-1-2-4-24(36)32-37/h5-12,16,21-22,27,34,37H,1-4,13-15H2,(H,31,35)(H,32,36)/t21-,22+,27+/m1/s1. The van der Waals surface area contributed by atoms with Gasteiger partial charge < -0.3 is 24.5 Å². The third-order valence-corrected chi connectivity index (χ3v) is 7.17. The molecule has 2 heterocycles. The van der Waals surface area contributed by atoms with Crippen molar-refractivity contribution in [1.82, 2.24) is 15.0 Å². The van der Waals surface area contributed by atoms with Crippen LogP contribution in [0.25, 0.3) is 0 Å². The largest absolute Gasteiger partial charge is 0.392 e. The van der Waals surface area contributed by atoms with Crippen LogP contribution in [0.5, 0.6) is 0 Å². The molecular formula is C27H30Cl2N4O6. The lowest BCUT2D eigenvalue weighted by Gasteiger charge is -2.36. The van der Waals surface area contributed by atoms with E-state index in [1.165, 1.54) is 0 Å². The van der Waals surface area contributed by atoms with Crippen LogP contribution in [0.4, 0.5) is 5.69 Å². The lowest BCUT2D eigenvalue weighted by molar-refractivity contribution is -0.252. The summed E-state index contributed by atoms with van der Waals surface area (Å²) < 4.78 is 14.4. The number of carbonyl (C=O) groups is 2. The predicted octanol–water partition coefficient (Wildman–Crippen LogP) is 4.93. The fourth-order valence-corrected chi connectivity index (χ4v) is 4.61. The van der Waals surface area contributed by atoms with Gasteiger partial charge in [0.2, 0.25) is 11.8 Å². The quantitative estimate of drug-likeness (QED) is 0.144. The molecule has 3 aromatic rings. The Morgan fingerprint density at radius 3 is 2.26 bits per heavy atom. The van der Waals surface area contributed by atoms with Crippen LogP contribution in [-0.4, -0.2) is 37.8 Å². The SMILES string of the molecule is O=C(CCCCC(=O)Nc1ccc([C@H]2O[C@@H](Cn3cnc(Cl)c3Cl)C[C@@H](c3ccc(CO)cc3)O2)cc1)NO. The first-order valence-electron chi connectivity index (χ1n) is 12.6. The third kappa shape index (κ3) is 8.01. The molecule has 208 valence electrons. The number of hydrogen-bond acceptors (Lipinski definition) is 7. The van der Waals surface area contributed by atoms with E-state index in [9.17, 15) is 14.7 Å².